The minimum Gasteiger partial charge on any atom is -0.355 e. The topological polar surface area (TPSA) is 76.6 Å². The lowest BCUT2D eigenvalue weighted by Gasteiger charge is -2.32. The molecule has 2 saturated heterocycles. The molecule has 1 aromatic rings. The van der Waals surface area contributed by atoms with Gasteiger partial charge in [0.05, 0.1) is 12.1 Å². The van der Waals surface area contributed by atoms with Crippen molar-refractivity contribution in [3.63, 3.8) is 0 Å². The fourth-order valence-corrected chi connectivity index (χ4v) is 2.87. The molecule has 7 heteroatoms. The summed E-state index contributed by atoms with van der Waals surface area (Å²) in [6.45, 7) is 2.24. The van der Waals surface area contributed by atoms with Gasteiger partial charge in [0.2, 0.25) is 5.91 Å². The first-order valence-corrected chi connectivity index (χ1v) is 7.91. The maximum atomic E-state index is 12.3. The van der Waals surface area contributed by atoms with Crippen LogP contribution in [-0.4, -0.2) is 41.9 Å². The highest BCUT2D eigenvalue weighted by molar-refractivity contribution is 5.78. The van der Waals surface area contributed by atoms with E-state index in [0.29, 0.717) is 13.2 Å². The number of nitrogens with one attached hydrogen (secondary N) is 1. The van der Waals surface area contributed by atoms with Gasteiger partial charge >= 0.3 is 0 Å². The zero-order valence-electron chi connectivity index (χ0n) is 12.6. The van der Waals surface area contributed by atoms with Crippen molar-refractivity contribution in [2.45, 2.75) is 38.4 Å². The summed E-state index contributed by atoms with van der Waals surface area (Å²) in [5.74, 6) is 0.638. The summed E-state index contributed by atoms with van der Waals surface area (Å²) in [7, 11) is 0. The average Bonchev–Trinajstić information content (AvgIpc) is 2.61. The van der Waals surface area contributed by atoms with Gasteiger partial charge in [-0.05, 0) is 25.7 Å². The van der Waals surface area contributed by atoms with Crippen molar-refractivity contribution in [3.8, 4) is 0 Å². The Hall–Kier alpha value is -1.73. The first-order chi connectivity index (χ1) is 10.8. The Labute approximate surface area is 130 Å². The number of aromatic nitrogens is 2. The summed E-state index contributed by atoms with van der Waals surface area (Å²) < 4.78 is 5.44. The minimum absolute atomic E-state index is 0.0808. The second-order valence-corrected chi connectivity index (χ2v) is 5.73. The van der Waals surface area contributed by atoms with E-state index in [2.05, 4.69) is 20.3 Å². The van der Waals surface area contributed by atoms with Gasteiger partial charge in [-0.3, -0.25) is 9.78 Å². The molecule has 7 nitrogen and oxygen atoms in total. The molecule has 120 valence electrons. The summed E-state index contributed by atoms with van der Waals surface area (Å²) in [5, 5.41) is 0. The number of hydrogen-bond donors (Lipinski definition) is 1. The van der Waals surface area contributed by atoms with Crippen LogP contribution in [-0.2, 0) is 14.4 Å². The lowest BCUT2D eigenvalue weighted by molar-refractivity contribution is -0.202. The van der Waals surface area contributed by atoms with Crippen LogP contribution in [0.15, 0.2) is 18.6 Å². The van der Waals surface area contributed by atoms with Crippen molar-refractivity contribution in [1.29, 1.82) is 0 Å². The molecule has 2 aliphatic heterocycles. The van der Waals surface area contributed by atoms with Gasteiger partial charge in [-0.25, -0.2) is 15.3 Å². The number of nitrogens with zero attached hydrogens (tertiary/aromatic N) is 3. The number of hydrogen-bond acceptors (Lipinski definition) is 6. The number of anilines is 1. The molecule has 1 amide bonds. The Morgan fingerprint density at radius 1 is 1.32 bits per heavy atom. The van der Waals surface area contributed by atoms with Crippen LogP contribution in [0.5, 0.6) is 0 Å². The van der Waals surface area contributed by atoms with Crippen LogP contribution in [0.4, 0.5) is 5.82 Å². The highest BCUT2D eigenvalue weighted by Crippen LogP contribution is 2.21. The summed E-state index contributed by atoms with van der Waals surface area (Å²) in [4.78, 5) is 28.1. The molecule has 2 aliphatic rings. The number of ether oxygens (including phenoxy) is 1. The monoisotopic (exact) mass is 306 g/mol. The molecule has 1 N–H and O–H groups in total. The van der Waals surface area contributed by atoms with E-state index in [1.165, 1.54) is 0 Å². The van der Waals surface area contributed by atoms with Crippen LogP contribution >= 0.6 is 0 Å². The fourth-order valence-electron chi connectivity index (χ4n) is 2.87. The van der Waals surface area contributed by atoms with Gasteiger partial charge in [-0.1, -0.05) is 0 Å². The largest absolute Gasteiger partial charge is 0.355 e. The van der Waals surface area contributed by atoms with Crippen LogP contribution in [0.25, 0.3) is 0 Å². The summed E-state index contributed by atoms with van der Waals surface area (Å²) in [6, 6.07) is 0. The molecular weight excluding hydrogens is 284 g/mol. The van der Waals surface area contributed by atoms with Crippen LogP contribution in [0, 0.1) is 5.92 Å². The Morgan fingerprint density at radius 3 is 3.05 bits per heavy atom. The Kier molecular flexibility index (Phi) is 5.18. The van der Waals surface area contributed by atoms with Crippen molar-refractivity contribution in [2.24, 2.45) is 5.92 Å². The van der Waals surface area contributed by atoms with E-state index >= 15 is 0 Å². The average molecular weight is 306 g/mol. The van der Waals surface area contributed by atoms with E-state index in [9.17, 15) is 4.79 Å². The van der Waals surface area contributed by atoms with E-state index in [0.717, 1.165) is 44.5 Å². The van der Waals surface area contributed by atoms with E-state index in [1.54, 1.807) is 18.6 Å². The number of hydroxylamine groups is 1. The Morgan fingerprint density at radius 2 is 2.27 bits per heavy atom. The summed E-state index contributed by atoms with van der Waals surface area (Å²) >= 11 is 0. The predicted octanol–water partition coefficient (Wildman–Crippen LogP) is 1.27. The Balaban J connectivity index is 1.49. The van der Waals surface area contributed by atoms with Gasteiger partial charge in [-0.2, -0.15) is 0 Å². The third kappa shape index (κ3) is 3.92. The van der Waals surface area contributed by atoms with Crippen molar-refractivity contribution < 1.29 is 14.4 Å². The lowest BCUT2D eigenvalue weighted by Crippen LogP contribution is -2.44. The van der Waals surface area contributed by atoms with Crippen LogP contribution in [0.2, 0.25) is 0 Å². The smallest absolute Gasteiger partial charge is 0.248 e. The molecule has 0 bridgehead atoms. The van der Waals surface area contributed by atoms with Gasteiger partial charge < -0.3 is 9.64 Å². The standard InChI is InChI=1S/C15H22N4O3/c20-15(18-22-14-5-1-2-9-21-14)12-4-3-8-19(11-12)13-10-16-6-7-17-13/h6-7,10,12,14H,1-5,8-9,11H2,(H,18,20)/t12-,14-/m1/s1. The third-order valence-electron chi connectivity index (χ3n) is 4.09. The molecule has 0 unspecified atom stereocenters. The van der Waals surface area contributed by atoms with E-state index in [-0.39, 0.29) is 18.1 Å². The van der Waals surface area contributed by atoms with Gasteiger partial charge in [0, 0.05) is 38.5 Å². The van der Waals surface area contributed by atoms with Crippen molar-refractivity contribution in [1.82, 2.24) is 15.4 Å². The van der Waals surface area contributed by atoms with Crippen molar-refractivity contribution in [2.75, 3.05) is 24.6 Å². The van der Waals surface area contributed by atoms with E-state index < -0.39 is 0 Å². The number of amides is 1. The van der Waals surface area contributed by atoms with Crippen molar-refractivity contribution >= 4 is 11.7 Å². The fraction of sp³-hybridized carbons (Fsp3) is 0.667. The zero-order valence-corrected chi connectivity index (χ0v) is 12.6. The highest BCUT2D eigenvalue weighted by atomic mass is 16.8. The zero-order chi connectivity index (χ0) is 15.2. The van der Waals surface area contributed by atoms with Gasteiger partial charge in [0.1, 0.15) is 5.82 Å². The number of carbonyl (C=O) groups excluding carboxylic acids is 1. The van der Waals surface area contributed by atoms with Crippen LogP contribution in [0.3, 0.4) is 0 Å². The van der Waals surface area contributed by atoms with E-state index in [4.69, 9.17) is 9.57 Å². The molecule has 3 rings (SSSR count). The third-order valence-corrected chi connectivity index (χ3v) is 4.09. The number of rotatable bonds is 4. The molecule has 3 heterocycles. The molecule has 2 fully saturated rings. The molecular formula is C15H22N4O3. The van der Waals surface area contributed by atoms with Gasteiger partial charge in [0.25, 0.3) is 0 Å². The predicted molar refractivity (Wildman–Crippen MR) is 79.8 cm³/mol. The lowest BCUT2D eigenvalue weighted by atomic mass is 9.97. The van der Waals surface area contributed by atoms with Crippen LogP contribution in [0.1, 0.15) is 32.1 Å². The molecule has 0 radical (unpaired) electrons. The molecule has 2 atom stereocenters. The minimum atomic E-state index is -0.308. The normalized spacial score (nSPS) is 25.7. The second kappa shape index (κ2) is 7.51. The molecule has 0 aliphatic carbocycles. The quantitative estimate of drug-likeness (QED) is 0.844. The molecule has 1 aromatic heterocycles. The van der Waals surface area contributed by atoms with Gasteiger partial charge in [0.15, 0.2) is 6.29 Å². The maximum absolute atomic E-state index is 12.3. The van der Waals surface area contributed by atoms with Crippen LogP contribution < -0.4 is 10.4 Å². The number of piperidine rings is 1. The number of carbonyl (C=O) groups is 1. The van der Waals surface area contributed by atoms with E-state index in [1.807, 2.05) is 0 Å². The maximum Gasteiger partial charge on any atom is 0.248 e. The molecule has 0 saturated carbocycles. The highest BCUT2D eigenvalue weighted by Gasteiger charge is 2.27. The molecule has 0 spiro atoms. The van der Waals surface area contributed by atoms with Gasteiger partial charge in [-0.15, -0.1) is 0 Å². The molecule has 22 heavy (non-hydrogen) atoms. The Bertz CT molecular complexity index is 479. The van der Waals surface area contributed by atoms with Crippen molar-refractivity contribution in [3.05, 3.63) is 18.6 Å². The summed E-state index contributed by atoms with van der Waals surface area (Å²) in [6.07, 6.45) is 9.51. The summed E-state index contributed by atoms with van der Waals surface area (Å²) in [5.41, 5.74) is 2.57. The molecule has 0 aromatic carbocycles. The first kappa shape index (κ1) is 15.2. The SMILES string of the molecule is O=C(NO[C@@H]1CCCCO1)[C@@H]1CCCN(c2cnccn2)C1. The second-order valence-electron chi connectivity index (χ2n) is 5.73. The first-order valence-electron chi connectivity index (χ1n) is 7.91.